The molecule has 1 unspecified atom stereocenters. The summed E-state index contributed by atoms with van der Waals surface area (Å²) in [6.45, 7) is 2.45. The summed E-state index contributed by atoms with van der Waals surface area (Å²) < 4.78 is 5.74. The standard InChI is InChI=1S/C18H20ClNO2/c1-3-18(22-2,15-7-5-4-6-8-15)13-20-17(21)14-9-11-16(19)12-10-14/h4-12H,3,13H2,1-2H3,(H,20,21). The van der Waals surface area contributed by atoms with Crippen molar-refractivity contribution in [1.29, 1.82) is 0 Å². The molecule has 0 spiro atoms. The largest absolute Gasteiger partial charge is 0.372 e. The molecule has 0 aliphatic carbocycles. The number of nitrogens with one attached hydrogen (secondary N) is 1. The van der Waals surface area contributed by atoms with Crippen molar-refractivity contribution in [2.45, 2.75) is 18.9 Å². The van der Waals surface area contributed by atoms with Gasteiger partial charge >= 0.3 is 0 Å². The summed E-state index contributed by atoms with van der Waals surface area (Å²) in [5.41, 5.74) is 1.11. The highest BCUT2D eigenvalue weighted by Gasteiger charge is 2.30. The van der Waals surface area contributed by atoms with E-state index in [4.69, 9.17) is 16.3 Å². The molecule has 0 bridgehead atoms. The smallest absolute Gasteiger partial charge is 0.251 e. The van der Waals surface area contributed by atoms with Gasteiger partial charge in [0.25, 0.3) is 5.91 Å². The quantitative estimate of drug-likeness (QED) is 0.873. The normalized spacial score (nSPS) is 13.4. The lowest BCUT2D eigenvalue weighted by Gasteiger charge is -2.32. The van der Waals surface area contributed by atoms with E-state index in [1.807, 2.05) is 37.3 Å². The van der Waals surface area contributed by atoms with E-state index in [1.54, 1.807) is 31.4 Å². The first-order valence-corrected chi connectivity index (χ1v) is 7.63. The summed E-state index contributed by atoms with van der Waals surface area (Å²) in [5.74, 6) is -0.137. The van der Waals surface area contributed by atoms with E-state index >= 15 is 0 Å². The maximum atomic E-state index is 12.3. The van der Waals surface area contributed by atoms with Gasteiger partial charge in [-0.15, -0.1) is 0 Å². The Hall–Kier alpha value is -1.84. The number of amides is 1. The predicted octanol–water partition coefficient (Wildman–Crippen LogP) is 4.02. The Morgan fingerprint density at radius 1 is 1.14 bits per heavy atom. The predicted molar refractivity (Wildman–Crippen MR) is 89.2 cm³/mol. The molecule has 2 rings (SSSR count). The Kier molecular flexibility index (Phi) is 5.58. The van der Waals surface area contributed by atoms with Crippen LogP contribution in [0.2, 0.25) is 5.02 Å². The number of benzene rings is 2. The summed E-state index contributed by atoms with van der Waals surface area (Å²) >= 11 is 5.84. The highest BCUT2D eigenvalue weighted by atomic mass is 35.5. The molecule has 1 atom stereocenters. The van der Waals surface area contributed by atoms with Crippen molar-refractivity contribution >= 4 is 17.5 Å². The lowest BCUT2D eigenvalue weighted by atomic mass is 9.90. The first-order valence-electron chi connectivity index (χ1n) is 7.26. The van der Waals surface area contributed by atoms with Crippen LogP contribution in [0.15, 0.2) is 54.6 Å². The Morgan fingerprint density at radius 3 is 2.32 bits per heavy atom. The zero-order valence-corrected chi connectivity index (χ0v) is 13.6. The molecule has 0 aliphatic heterocycles. The van der Waals surface area contributed by atoms with Gasteiger partial charge in [-0.05, 0) is 36.2 Å². The third kappa shape index (κ3) is 3.67. The number of carbonyl (C=O) groups excluding carboxylic acids is 1. The minimum atomic E-state index is -0.524. The van der Waals surface area contributed by atoms with Crippen LogP contribution >= 0.6 is 11.6 Å². The number of ether oxygens (including phenoxy) is 1. The van der Waals surface area contributed by atoms with Crippen LogP contribution in [0, 0.1) is 0 Å². The Morgan fingerprint density at radius 2 is 1.77 bits per heavy atom. The van der Waals surface area contributed by atoms with E-state index in [0.29, 0.717) is 17.1 Å². The molecule has 0 saturated carbocycles. The first-order chi connectivity index (χ1) is 10.6. The van der Waals surface area contributed by atoms with Crippen molar-refractivity contribution in [2.24, 2.45) is 0 Å². The van der Waals surface area contributed by atoms with Crippen molar-refractivity contribution in [3.8, 4) is 0 Å². The van der Waals surface area contributed by atoms with Gasteiger partial charge in [0.05, 0.1) is 6.54 Å². The average molecular weight is 318 g/mol. The lowest BCUT2D eigenvalue weighted by Crippen LogP contribution is -2.41. The molecule has 2 aromatic rings. The van der Waals surface area contributed by atoms with Crippen LogP contribution in [0.3, 0.4) is 0 Å². The first kappa shape index (κ1) is 16.5. The van der Waals surface area contributed by atoms with Crippen LogP contribution in [0.25, 0.3) is 0 Å². The van der Waals surface area contributed by atoms with Crippen LogP contribution in [-0.2, 0) is 10.3 Å². The third-order valence-corrected chi connectivity index (χ3v) is 4.15. The molecule has 0 heterocycles. The zero-order valence-electron chi connectivity index (χ0n) is 12.8. The van der Waals surface area contributed by atoms with E-state index in [9.17, 15) is 4.79 Å². The van der Waals surface area contributed by atoms with Crippen LogP contribution in [0.1, 0.15) is 29.3 Å². The van der Waals surface area contributed by atoms with Gasteiger partial charge in [0.2, 0.25) is 0 Å². The van der Waals surface area contributed by atoms with Crippen molar-refractivity contribution < 1.29 is 9.53 Å². The Bertz CT molecular complexity index is 607. The maximum Gasteiger partial charge on any atom is 0.251 e. The van der Waals surface area contributed by atoms with Crippen LogP contribution in [-0.4, -0.2) is 19.6 Å². The summed E-state index contributed by atoms with van der Waals surface area (Å²) in [5, 5.41) is 3.56. The fourth-order valence-corrected chi connectivity index (χ4v) is 2.56. The third-order valence-electron chi connectivity index (χ3n) is 3.90. The van der Waals surface area contributed by atoms with E-state index < -0.39 is 5.60 Å². The van der Waals surface area contributed by atoms with Crippen LogP contribution < -0.4 is 5.32 Å². The van der Waals surface area contributed by atoms with Crippen LogP contribution in [0.4, 0.5) is 0 Å². The number of halogens is 1. The summed E-state index contributed by atoms with van der Waals surface area (Å²) in [6, 6.07) is 16.8. The highest BCUT2D eigenvalue weighted by molar-refractivity contribution is 6.30. The molecule has 4 heteroatoms. The van der Waals surface area contributed by atoms with Crippen molar-refractivity contribution in [1.82, 2.24) is 5.32 Å². The fourth-order valence-electron chi connectivity index (χ4n) is 2.43. The molecule has 3 nitrogen and oxygen atoms in total. The van der Waals surface area contributed by atoms with Gasteiger partial charge in [-0.2, -0.15) is 0 Å². The number of carbonyl (C=O) groups is 1. The summed E-state index contributed by atoms with van der Waals surface area (Å²) in [7, 11) is 1.67. The second kappa shape index (κ2) is 7.43. The molecule has 2 aromatic carbocycles. The molecule has 1 N–H and O–H groups in total. The van der Waals surface area contributed by atoms with E-state index in [2.05, 4.69) is 5.32 Å². The molecule has 116 valence electrons. The van der Waals surface area contributed by atoms with Gasteiger partial charge in [0.1, 0.15) is 5.60 Å². The lowest BCUT2D eigenvalue weighted by molar-refractivity contribution is -0.0164. The number of methoxy groups -OCH3 is 1. The SMILES string of the molecule is CCC(CNC(=O)c1ccc(Cl)cc1)(OC)c1ccccc1. The van der Waals surface area contributed by atoms with Gasteiger partial charge in [-0.25, -0.2) is 0 Å². The van der Waals surface area contributed by atoms with E-state index in [0.717, 1.165) is 12.0 Å². The monoisotopic (exact) mass is 317 g/mol. The molecular formula is C18H20ClNO2. The molecule has 0 radical (unpaired) electrons. The second-order valence-electron chi connectivity index (χ2n) is 5.11. The van der Waals surface area contributed by atoms with Gasteiger partial charge < -0.3 is 10.1 Å². The van der Waals surface area contributed by atoms with Gasteiger partial charge in [0.15, 0.2) is 0 Å². The summed E-state index contributed by atoms with van der Waals surface area (Å²) in [6.07, 6.45) is 0.758. The van der Waals surface area contributed by atoms with E-state index in [-0.39, 0.29) is 5.91 Å². The maximum absolute atomic E-state index is 12.3. The van der Waals surface area contributed by atoms with Gasteiger partial charge in [-0.3, -0.25) is 4.79 Å². The molecular weight excluding hydrogens is 298 g/mol. The second-order valence-corrected chi connectivity index (χ2v) is 5.54. The van der Waals surface area contributed by atoms with Crippen molar-refractivity contribution in [3.05, 3.63) is 70.7 Å². The van der Waals surface area contributed by atoms with Crippen molar-refractivity contribution in [3.63, 3.8) is 0 Å². The topological polar surface area (TPSA) is 38.3 Å². The minimum absolute atomic E-state index is 0.137. The molecule has 0 aliphatic rings. The van der Waals surface area contributed by atoms with Gasteiger partial charge in [-0.1, -0.05) is 48.9 Å². The number of rotatable bonds is 6. The molecule has 0 fully saturated rings. The Balaban J connectivity index is 2.12. The zero-order chi connectivity index (χ0) is 16.0. The highest BCUT2D eigenvalue weighted by Crippen LogP contribution is 2.28. The molecule has 0 aromatic heterocycles. The number of hydrogen-bond acceptors (Lipinski definition) is 2. The molecule has 1 amide bonds. The van der Waals surface area contributed by atoms with Crippen molar-refractivity contribution in [2.75, 3.05) is 13.7 Å². The van der Waals surface area contributed by atoms with Crippen LogP contribution in [0.5, 0.6) is 0 Å². The number of hydrogen-bond donors (Lipinski definition) is 1. The molecule has 22 heavy (non-hydrogen) atoms. The fraction of sp³-hybridized carbons (Fsp3) is 0.278. The van der Waals surface area contributed by atoms with Gasteiger partial charge in [0, 0.05) is 17.7 Å². The Labute approximate surface area is 136 Å². The summed E-state index contributed by atoms with van der Waals surface area (Å²) in [4.78, 5) is 12.3. The molecule has 0 saturated heterocycles. The minimum Gasteiger partial charge on any atom is -0.372 e. The average Bonchev–Trinajstić information content (AvgIpc) is 2.57. The van der Waals surface area contributed by atoms with E-state index in [1.165, 1.54) is 0 Å².